The Kier molecular flexibility index (Phi) is 10.9. The number of hydrogen-bond donors (Lipinski definition) is 0. The van der Waals surface area contributed by atoms with Gasteiger partial charge in [0.25, 0.3) is 0 Å². The maximum Gasteiger partial charge on any atom is 0.346 e. The van der Waals surface area contributed by atoms with Crippen molar-refractivity contribution in [2.75, 3.05) is 0 Å². The summed E-state index contributed by atoms with van der Waals surface area (Å²) < 4.78 is 12.0. The quantitative estimate of drug-likeness (QED) is 0.616. The molecule has 0 amide bonds. The maximum atomic E-state index is 12.0. The fourth-order valence-electron chi connectivity index (χ4n) is 1.35. The molecule has 2 heteroatoms. The van der Waals surface area contributed by atoms with Crippen LogP contribution in [0.25, 0.3) is 0 Å². The van der Waals surface area contributed by atoms with Crippen LogP contribution >= 0.6 is 0 Å². The molecule has 0 aliphatic carbocycles. The highest BCUT2D eigenvalue weighted by Gasteiger charge is 2.09. The number of hydrogen-bond acceptors (Lipinski definition) is 1. The van der Waals surface area contributed by atoms with E-state index in [1.54, 1.807) is 0 Å². The van der Waals surface area contributed by atoms with Gasteiger partial charge in [0.1, 0.15) is 0 Å². The van der Waals surface area contributed by atoms with E-state index in [9.17, 15) is 4.46 Å². The van der Waals surface area contributed by atoms with E-state index in [4.69, 9.17) is 0 Å². The van der Waals surface area contributed by atoms with Gasteiger partial charge in [-0.2, -0.15) is 0 Å². The standard InChI is InChI=1S/C12H10OSi.C5H10.C2H6/c13-14(11-7-3-1-4-8-11)12-9-5-2-6-10-12;1-4-5(2)3;1-2/h1-10H;4-5H,1H2,2-3H3;1-2H3. The lowest BCUT2D eigenvalue weighted by Gasteiger charge is -1.97. The Bertz CT molecular complexity index is 462. The molecule has 0 heterocycles. The normalized spacial score (nSPS) is 8.81. The van der Waals surface area contributed by atoms with Gasteiger partial charge in [-0.25, -0.2) is 0 Å². The van der Waals surface area contributed by atoms with Gasteiger partial charge in [-0.15, -0.1) is 6.58 Å². The molecular weight excluding hydrogens is 272 g/mol. The van der Waals surface area contributed by atoms with Gasteiger partial charge < -0.3 is 4.46 Å². The number of rotatable bonds is 3. The molecule has 2 aromatic rings. The summed E-state index contributed by atoms with van der Waals surface area (Å²) in [6.45, 7) is 11.8. The van der Waals surface area contributed by atoms with Crippen molar-refractivity contribution in [1.82, 2.24) is 0 Å². The van der Waals surface area contributed by atoms with Gasteiger partial charge in [-0.1, -0.05) is 94.4 Å². The molecule has 0 bridgehead atoms. The van der Waals surface area contributed by atoms with Crippen LogP contribution in [0.4, 0.5) is 0 Å². The van der Waals surface area contributed by atoms with Crippen molar-refractivity contribution in [2.45, 2.75) is 27.7 Å². The molecule has 0 saturated heterocycles. The van der Waals surface area contributed by atoms with Crippen LogP contribution in [-0.2, 0) is 4.46 Å². The molecule has 0 atom stereocenters. The van der Waals surface area contributed by atoms with E-state index >= 15 is 0 Å². The highest BCUT2D eigenvalue weighted by Crippen LogP contribution is 1.87. The molecule has 2 aromatic carbocycles. The third-order valence-corrected chi connectivity index (χ3v) is 4.26. The van der Waals surface area contributed by atoms with E-state index in [2.05, 4.69) is 20.4 Å². The van der Waals surface area contributed by atoms with Crippen LogP contribution in [0.2, 0.25) is 0 Å². The van der Waals surface area contributed by atoms with Crippen LogP contribution in [0.1, 0.15) is 27.7 Å². The molecule has 21 heavy (non-hydrogen) atoms. The van der Waals surface area contributed by atoms with Gasteiger partial charge in [0, 0.05) is 10.4 Å². The molecule has 0 aliphatic rings. The molecular formula is C19H26OSi. The molecule has 1 nitrogen and oxygen atoms in total. The first-order chi connectivity index (χ1) is 10.1. The second-order valence-electron chi connectivity index (χ2n) is 4.54. The Morgan fingerprint density at radius 3 is 1.38 bits per heavy atom. The first-order valence-electron chi connectivity index (χ1n) is 7.42. The minimum Gasteiger partial charge on any atom is -0.376 e. The van der Waals surface area contributed by atoms with Gasteiger partial charge >= 0.3 is 8.68 Å². The van der Waals surface area contributed by atoms with Crippen molar-refractivity contribution in [2.24, 2.45) is 5.92 Å². The molecule has 0 aliphatic heterocycles. The Balaban J connectivity index is 0.000000489. The van der Waals surface area contributed by atoms with Crippen molar-refractivity contribution < 1.29 is 4.46 Å². The van der Waals surface area contributed by atoms with E-state index in [1.165, 1.54) is 0 Å². The Labute approximate surface area is 131 Å². The zero-order chi connectivity index (χ0) is 16.1. The van der Waals surface area contributed by atoms with Gasteiger partial charge in [-0.3, -0.25) is 0 Å². The smallest absolute Gasteiger partial charge is 0.346 e. The van der Waals surface area contributed by atoms with Gasteiger partial charge in [0.15, 0.2) is 0 Å². The minimum absolute atomic E-state index is 0.648. The van der Waals surface area contributed by atoms with Gasteiger partial charge in [0.2, 0.25) is 0 Å². The molecule has 0 fully saturated rings. The van der Waals surface area contributed by atoms with E-state index in [0.29, 0.717) is 5.92 Å². The van der Waals surface area contributed by atoms with E-state index in [0.717, 1.165) is 10.4 Å². The molecule has 2 rings (SSSR count). The van der Waals surface area contributed by atoms with Crippen LogP contribution in [0.5, 0.6) is 0 Å². The van der Waals surface area contributed by atoms with Crippen LogP contribution in [0, 0.1) is 5.92 Å². The largest absolute Gasteiger partial charge is 0.376 e. The van der Waals surface area contributed by atoms with Crippen molar-refractivity contribution in [1.29, 1.82) is 0 Å². The van der Waals surface area contributed by atoms with Gasteiger partial charge in [-0.05, 0) is 5.92 Å². The summed E-state index contributed by atoms with van der Waals surface area (Å²) in [4.78, 5) is 0. The summed E-state index contributed by atoms with van der Waals surface area (Å²) in [5.41, 5.74) is 0. The zero-order valence-corrected chi connectivity index (χ0v) is 14.5. The summed E-state index contributed by atoms with van der Waals surface area (Å²) >= 11 is 0. The number of benzene rings is 2. The Morgan fingerprint density at radius 1 is 0.857 bits per heavy atom. The molecule has 0 radical (unpaired) electrons. The second-order valence-corrected chi connectivity index (χ2v) is 6.35. The van der Waals surface area contributed by atoms with Crippen LogP contribution in [-0.4, -0.2) is 8.68 Å². The minimum atomic E-state index is -1.79. The first kappa shape index (κ1) is 19.2. The lowest BCUT2D eigenvalue weighted by Crippen LogP contribution is -2.33. The highest BCUT2D eigenvalue weighted by atomic mass is 28.3. The SMILES string of the molecule is C=CC(C)C.CC.O=[Si](c1ccccc1)c1ccccc1. The lowest BCUT2D eigenvalue weighted by atomic mass is 10.2. The molecule has 0 unspecified atom stereocenters. The van der Waals surface area contributed by atoms with Crippen molar-refractivity contribution >= 4 is 19.1 Å². The molecule has 0 N–H and O–H groups in total. The second kappa shape index (κ2) is 12.0. The zero-order valence-electron chi connectivity index (χ0n) is 13.5. The summed E-state index contributed by atoms with van der Waals surface area (Å²) in [6, 6.07) is 19.2. The molecule has 0 saturated carbocycles. The van der Waals surface area contributed by atoms with E-state index < -0.39 is 8.68 Å². The summed E-state index contributed by atoms with van der Waals surface area (Å²) in [7, 11) is -1.79. The Hall–Kier alpha value is -1.80. The lowest BCUT2D eigenvalue weighted by molar-refractivity contribution is 0.575. The van der Waals surface area contributed by atoms with Crippen LogP contribution < -0.4 is 10.4 Å². The topological polar surface area (TPSA) is 17.1 Å². The van der Waals surface area contributed by atoms with Crippen molar-refractivity contribution in [3.05, 3.63) is 73.3 Å². The number of allylic oxidation sites excluding steroid dienone is 1. The fraction of sp³-hybridized carbons (Fsp3) is 0.263. The average Bonchev–Trinajstić information content (AvgIpc) is 2.58. The average molecular weight is 299 g/mol. The third-order valence-electron chi connectivity index (χ3n) is 2.54. The van der Waals surface area contributed by atoms with E-state index in [1.807, 2.05) is 80.6 Å². The van der Waals surface area contributed by atoms with E-state index in [-0.39, 0.29) is 0 Å². The Morgan fingerprint density at radius 2 is 1.14 bits per heavy atom. The summed E-state index contributed by atoms with van der Waals surface area (Å²) in [5, 5.41) is 1.84. The molecule has 0 spiro atoms. The summed E-state index contributed by atoms with van der Waals surface area (Å²) in [5.74, 6) is 0.648. The highest BCUT2D eigenvalue weighted by molar-refractivity contribution is 6.72. The maximum absolute atomic E-state index is 12.0. The van der Waals surface area contributed by atoms with Crippen molar-refractivity contribution in [3.63, 3.8) is 0 Å². The van der Waals surface area contributed by atoms with Gasteiger partial charge in [0.05, 0.1) is 0 Å². The molecule has 0 aromatic heterocycles. The molecule has 112 valence electrons. The van der Waals surface area contributed by atoms with Crippen LogP contribution in [0.3, 0.4) is 0 Å². The monoisotopic (exact) mass is 298 g/mol. The summed E-state index contributed by atoms with van der Waals surface area (Å²) in [6.07, 6.45) is 1.92. The first-order valence-corrected chi connectivity index (χ1v) is 8.83. The van der Waals surface area contributed by atoms with Crippen molar-refractivity contribution in [3.8, 4) is 0 Å². The fourth-order valence-corrected chi connectivity index (χ4v) is 2.67. The third kappa shape index (κ3) is 8.15. The predicted molar refractivity (Wildman–Crippen MR) is 95.0 cm³/mol. The van der Waals surface area contributed by atoms with Crippen LogP contribution in [0.15, 0.2) is 73.3 Å². The predicted octanol–water partition coefficient (Wildman–Crippen LogP) is 4.08.